The van der Waals surface area contributed by atoms with E-state index in [9.17, 15) is 4.79 Å². The van der Waals surface area contributed by atoms with E-state index in [4.69, 9.17) is 27.9 Å². The van der Waals surface area contributed by atoms with Crippen LogP contribution in [0.3, 0.4) is 0 Å². The molecule has 0 saturated heterocycles. The molecule has 0 unspecified atom stereocenters. The number of amides is 1. The number of halogens is 2. The quantitative estimate of drug-likeness (QED) is 0.710. The molecule has 1 aromatic heterocycles. The van der Waals surface area contributed by atoms with Crippen molar-refractivity contribution in [2.75, 3.05) is 12.4 Å². The zero-order chi connectivity index (χ0) is 17.1. The number of carbonyl (C=O) groups is 1. The standard InChI is InChI=1S/C17H13Cl2N3O2/c1-24-12-4-2-3-10(7-12)15-9-16(22-21-15)17(23)20-11-5-6-13(18)14(19)8-11/h2-9H,1H3,(H,20,23)(H,21,22). The number of nitrogens with zero attached hydrogens (tertiary/aromatic N) is 1. The Labute approximate surface area is 148 Å². The van der Waals surface area contributed by atoms with Gasteiger partial charge in [-0.2, -0.15) is 5.10 Å². The molecule has 0 atom stereocenters. The van der Waals surface area contributed by atoms with Crippen LogP contribution in [0.15, 0.2) is 48.5 Å². The minimum absolute atomic E-state index is 0.324. The molecule has 24 heavy (non-hydrogen) atoms. The number of H-pyrrole nitrogens is 1. The summed E-state index contributed by atoms with van der Waals surface area (Å²) >= 11 is 11.8. The molecular weight excluding hydrogens is 349 g/mol. The molecule has 122 valence electrons. The molecule has 5 nitrogen and oxygen atoms in total. The third-order valence-electron chi connectivity index (χ3n) is 3.37. The van der Waals surface area contributed by atoms with Crippen LogP contribution in [0.1, 0.15) is 10.5 Å². The lowest BCUT2D eigenvalue weighted by molar-refractivity contribution is 0.102. The normalized spacial score (nSPS) is 10.5. The van der Waals surface area contributed by atoms with Gasteiger partial charge in [0.2, 0.25) is 0 Å². The fourth-order valence-electron chi connectivity index (χ4n) is 2.14. The van der Waals surface area contributed by atoms with E-state index in [0.717, 1.165) is 11.3 Å². The molecule has 0 saturated carbocycles. The second-order valence-corrected chi connectivity index (χ2v) is 5.80. The van der Waals surface area contributed by atoms with Gasteiger partial charge in [0, 0.05) is 11.3 Å². The molecule has 2 N–H and O–H groups in total. The number of aromatic nitrogens is 2. The van der Waals surface area contributed by atoms with Crippen molar-refractivity contribution in [2.24, 2.45) is 0 Å². The van der Waals surface area contributed by atoms with Gasteiger partial charge in [0.15, 0.2) is 0 Å². The molecule has 0 spiro atoms. The second kappa shape index (κ2) is 6.95. The topological polar surface area (TPSA) is 67.0 Å². The summed E-state index contributed by atoms with van der Waals surface area (Å²) in [7, 11) is 1.60. The molecular formula is C17H13Cl2N3O2. The van der Waals surface area contributed by atoms with Gasteiger partial charge in [0.05, 0.1) is 22.8 Å². The van der Waals surface area contributed by atoms with E-state index >= 15 is 0 Å². The maximum atomic E-state index is 12.3. The van der Waals surface area contributed by atoms with Gasteiger partial charge in [-0.3, -0.25) is 9.89 Å². The molecule has 0 fully saturated rings. The first-order valence-electron chi connectivity index (χ1n) is 7.03. The molecule has 1 heterocycles. The number of rotatable bonds is 4. The lowest BCUT2D eigenvalue weighted by Gasteiger charge is -2.04. The first kappa shape index (κ1) is 16.4. The van der Waals surface area contributed by atoms with Gasteiger partial charge >= 0.3 is 0 Å². The predicted octanol–water partition coefficient (Wildman–Crippen LogP) is 4.64. The molecule has 1 amide bonds. The van der Waals surface area contributed by atoms with Crippen LogP contribution in [0, 0.1) is 0 Å². The number of hydrogen-bond acceptors (Lipinski definition) is 3. The highest BCUT2D eigenvalue weighted by atomic mass is 35.5. The van der Waals surface area contributed by atoms with Gasteiger partial charge in [-0.25, -0.2) is 0 Å². The molecule has 2 aromatic carbocycles. The summed E-state index contributed by atoms with van der Waals surface area (Å²) in [5, 5.41) is 10.4. The van der Waals surface area contributed by atoms with Gasteiger partial charge in [0.25, 0.3) is 5.91 Å². The first-order chi connectivity index (χ1) is 11.6. The van der Waals surface area contributed by atoms with E-state index < -0.39 is 0 Å². The Kier molecular flexibility index (Phi) is 4.74. The highest BCUT2D eigenvalue weighted by Gasteiger charge is 2.12. The number of benzene rings is 2. The van der Waals surface area contributed by atoms with Crippen molar-refractivity contribution in [1.82, 2.24) is 10.2 Å². The number of hydrogen-bond donors (Lipinski definition) is 2. The lowest BCUT2D eigenvalue weighted by atomic mass is 10.1. The average molecular weight is 362 g/mol. The van der Waals surface area contributed by atoms with Crippen molar-refractivity contribution in [3.05, 3.63) is 64.3 Å². The monoisotopic (exact) mass is 361 g/mol. The summed E-state index contributed by atoms with van der Waals surface area (Å²) in [6, 6.07) is 14.0. The average Bonchev–Trinajstić information content (AvgIpc) is 3.08. The number of aromatic amines is 1. The maximum Gasteiger partial charge on any atom is 0.273 e. The number of methoxy groups -OCH3 is 1. The summed E-state index contributed by atoms with van der Waals surface area (Å²) in [5.41, 5.74) is 2.37. The fraction of sp³-hybridized carbons (Fsp3) is 0.0588. The molecule has 0 aliphatic carbocycles. The molecule has 0 radical (unpaired) electrons. The number of ether oxygens (including phenoxy) is 1. The molecule has 0 aliphatic heterocycles. The van der Waals surface area contributed by atoms with Crippen molar-refractivity contribution in [3.63, 3.8) is 0 Å². The van der Waals surface area contributed by atoms with Crippen LogP contribution >= 0.6 is 23.2 Å². The van der Waals surface area contributed by atoms with Crippen LogP contribution in [-0.2, 0) is 0 Å². The largest absolute Gasteiger partial charge is 0.497 e. The fourth-order valence-corrected chi connectivity index (χ4v) is 2.44. The van der Waals surface area contributed by atoms with Crippen molar-refractivity contribution in [3.8, 4) is 17.0 Å². The summed E-state index contributed by atoms with van der Waals surface area (Å²) in [4.78, 5) is 12.3. The Hall–Kier alpha value is -2.50. The van der Waals surface area contributed by atoms with Gasteiger partial charge in [-0.1, -0.05) is 35.3 Å². The van der Waals surface area contributed by atoms with E-state index in [1.54, 1.807) is 31.4 Å². The van der Waals surface area contributed by atoms with Crippen molar-refractivity contribution < 1.29 is 9.53 Å². The van der Waals surface area contributed by atoms with Gasteiger partial charge in [-0.05, 0) is 36.4 Å². The Bertz CT molecular complexity index is 893. The van der Waals surface area contributed by atoms with Gasteiger partial charge in [-0.15, -0.1) is 0 Å². The zero-order valence-electron chi connectivity index (χ0n) is 12.6. The second-order valence-electron chi connectivity index (χ2n) is 4.98. The zero-order valence-corrected chi connectivity index (χ0v) is 14.2. The Morgan fingerprint density at radius 2 is 1.96 bits per heavy atom. The van der Waals surface area contributed by atoms with Crippen molar-refractivity contribution in [2.45, 2.75) is 0 Å². The van der Waals surface area contributed by atoms with Crippen molar-refractivity contribution >= 4 is 34.8 Å². The van der Waals surface area contributed by atoms with E-state index in [0.29, 0.717) is 27.1 Å². The summed E-state index contributed by atoms with van der Waals surface area (Å²) in [6.45, 7) is 0. The van der Waals surface area contributed by atoms with Crippen molar-refractivity contribution in [1.29, 1.82) is 0 Å². The predicted molar refractivity (Wildman–Crippen MR) is 95.0 cm³/mol. The van der Waals surface area contributed by atoms with E-state index in [1.807, 2.05) is 24.3 Å². The molecule has 3 aromatic rings. The summed E-state index contributed by atoms with van der Waals surface area (Å²) in [5.74, 6) is 0.396. The molecule has 3 rings (SSSR count). The summed E-state index contributed by atoms with van der Waals surface area (Å²) in [6.07, 6.45) is 0. The van der Waals surface area contributed by atoms with E-state index in [2.05, 4.69) is 15.5 Å². The van der Waals surface area contributed by atoms with Crippen LogP contribution in [0.4, 0.5) is 5.69 Å². The minimum Gasteiger partial charge on any atom is -0.497 e. The summed E-state index contributed by atoms with van der Waals surface area (Å²) < 4.78 is 5.19. The number of carbonyl (C=O) groups excluding carboxylic acids is 1. The third-order valence-corrected chi connectivity index (χ3v) is 4.10. The van der Waals surface area contributed by atoms with Crippen LogP contribution in [-0.4, -0.2) is 23.2 Å². The third kappa shape index (κ3) is 3.53. The number of nitrogens with one attached hydrogen (secondary N) is 2. The first-order valence-corrected chi connectivity index (χ1v) is 7.78. The molecule has 0 bridgehead atoms. The van der Waals surface area contributed by atoms with E-state index in [1.165, 1.54) is 0 Å². The van der Waals surface area contributed by atoms with Gasteiger partial charge < -0.3 is 10.1 Å². The highest BCUT2D eigenvalue weighted by Crippen LogP contribution is 2.26. The smallest absolute Gasteiger partial charge is 0.273 e. The van der Waals surface area contributed by atoms with Crippen LogP contribution in [0.2, 0.25) is 10.0 Å². The number of anilines is 1. The Morgan fingerprint density at radius 3 is 2.71 bits per heavy atom. The van der Waals surface area contributed by atoms with Gasteiger partial charge in [0.1, 0.15) is 11.4 Å². The Balaban J connectivity index is 1.79. The van der Waals surface area contributed by atoms with Crippen LogP contribution in [0.5, 0.6) is 5.75 Å². The minimum atomic E-state index is -0.324. The Morgan fingerprint density at radius 1 is 1.12 bits per heavy atom. The lowest BCUT2D eigenvalue weighted by Crippen LogP contribution is -2.12. The maximum absolute atomic E-state index is 12.3. The van der Waals surface area contributed by atoms with Crippen LogP contribution < -0.4 is 10.1 Å². The highest BCUT2D eigenvalue weighted by molar-refractivity contribution is 6.42. The van der Waals surface area contributed by atoms with Crippen LogP contribution in [0.25, 0.3) is 11.3 Å². The van der Waals surface area contributed by atoms with E-state index in [-0.39, 0.29) is 5.91 Å². The molecule has 0 aliphatic rings. The SMILES string of the molecule is COc1cccc(-c2cc(C(=O)Nc3ccc(Cl)c(Cl)c3)[nH]n2)c1. The molecule has 7 heteroatoms.